The molecule has 1 atom stereocenters. The highest BCUT2D eigenvalue weighted by Crippen LogP contribution is 2.35. The maximum atomic E-state index is 14.9. The Kier molecular flexibility index (Phi) is 13.6. The SMILES string of the molecule is CCOc1cc(C(C)(C)C)ncc1C(=NC(C)(C)C1C=CC(Cl)=CC1)N(Cc1ccc(Cl)cc1)C(=O)N1CCC(CC(=O)NCc2ccccc2F)CC1. The highest BCUT2D eigenvalue weighted by Gasteiger charge is 2.36. The van der Waals surface area contributed by atoms with Gasteiger partial charge in [-0.1, -0.05) is 86.5 Å². The lowest BCUT2D eigenvalue weighted by atomic mass is 9.83. The first-order valence-corrected chi connectivity index (χ1v) is 19.5. The van der Waals surface area contributed by atoms with Gasteiger partial charge in [0.1, 0.15) is 17.4 Å². The number of benzene rings is 2. The van der Waals surface area contributed by atoms with Crippen LogP contribution in [-0.2, 0) is 23.3 Å². The molecule has 2 heterocycles. The van der Waals surface area contributed by atoms with Crippen LogP contribution in [0.4, 0.5) is 9.18 Å². The summed E-state index contributed by atoms with van der Waals surface area (Å²) in [4.78, 5) is 41.7. The number of amides is 3. The van der Waals surface area contributed by atoms with Crippen molar-refractivity contribution in [1.29, 1.82) is 0 Å². The van der Waals surface area contributed by atoms with Crippen LogP contribution >= 0.6 is 23.2 Å². The summed E-state index contributed by atoms with van der Waals surface area (Å²) in [6.07, 6.45) is 10.1. The summed E-state index contributed by atoms with van der Waals surface area (Å²) in [5.41, 5.74) is 1.91. The van der Waals surface area contributed by atoms with Crippen molar-refractivity contribution in [1.82, 2.24) is 20.1 Å². The van der Waals surface area contributed by atoms with Crippen molar-refractivity contribution in [3.05, 3.63) is 117 Å². The lowest BCUT2D eigenvalue weighted by Crippen LogP contribution is -2.50. The first-order chi connectivity index (χ1) is 25.6. The first kappa shape index (κ1) is 41.0. The number of amidine groups is 1. The second-order valence-corrected chi connectivity index (χ2v) is 16.5. The molecule has 0 saturated carbocycles. The number of rotatable bonds is 11. The van der Waals surface area contributed by atoms with Crippen molar-refractivity contribution in [2.45, 2.75) is 91.3 Å². The number of aromatic nitrogens is 1. The summed E-state index contributed by atoms with van der Waals surface area (Å²) in [5.74, 6) is 0.683. The van der Waals surface area contributed by atoms with Gasteiger partial charge in [0.15, 0.2) is 0 Å². The van der Waals surface area contributed by atoms with Crippen LogP contribution in [0.2, 0.25) is 5.02 Å². The molecule has 11 heteroatoms. The van der Waals surface area contributed by atoms with Crippen molar-refractivity contribution >= 4 is 41.0 Å². The smallest absolute Gasteiger partial charge is 0.325 e. The Morgan fingerprint density at radius 2 is 1.76 bits per heavy atom. The second kappa shape index (κ2) is 17.9. The number of hydrogen-bond donors (Lipinski definition) is 1. The topological polar surface area (TPSA) is 87.1 Å². The van der Waals surface area contributed by atoms with E-state index in [-0.39, 0.29) is 48.1 Å². The normalized spacial score (nSPS) is 16.9. The molecule has 1 aliphatic heterocycles. The number of nitrogens with zero attached hydrogens (tertiary/aromatic N) is 4. The number of carbonyl (C=O) groups excluding carboxylic acids is 2. The summed E-state index contributed by atoms with van der Waals surface area (Å²) in [7, 11) is 0. The molecule has 2 aromatic carbocycles. The third kappa shape index (κ3) is 10.7. The number of pyridine rings is 1. The number of halogens is 3. The maximum absolute atomic E-state index is 14.9. The Hall–Kier alpha value is -4.21. The number of hydrogen-bond acceptors (Lipinski definition) is 5. The van der Waals surface area contributed by atoms with Crippen molar-refractivity contribution in [2.24, 2.45) is 16.8 Å². The van der Waals surface area contributed by atoms with Crippen molar-refractivity contribution < 1.29 is 18.7 Å². The number of aliphatic imine (C=N–C) groups is 1. The Morgan fingerprint density at radius 3 is 2.39 bits per heavy atom. The number of nitrogens with one attached hydrogen (secondary N) is 1. The average molecular weight is 777 g/mol. The number of ether oxygens (including phenoxy) is 1. The molecule has 54 heavy (non-hydrogen) atoms. The van der Waals surface area contributed by atoms with E-state index in [4.69, 9.17) is 37.9 Å². The fourth-order valence-electron chi connectivity index (χ4n) is 6.70. The van der Waals surface area contributed by atoms with Crippen LogP contribution in [0.15, 0.2) is 89.0 Å². The molecule has 0 spiro atoms. The standard InChI is InChI=1S/C43H52Cl2FN5O3/c1-7-54-37-25-38(42(2,3)4)47-27-35(37)40(49-43(5,6)32-14-18-34(45)19-15-32)51(28-30-12-16-33(44)17-13-30)41(53)50-22-20-29(21-23-50)24-39(52)48-26-31-10-8-9-11-36(31)46/h8-14,16-19,25,27,29,32H,7,15,20-24,26,28H2,1-6H3,(H,48,52). The van der Waals surface area contributed by atoms with E-state index in [1.807, 2.05) is 54.3 Å². The van der Waals surface area contributed by atoms with Crippen molar-refractivity contribution in [3.8, 4) is 5.75 Å². The van der Waals surface area contributed by atoms with Gasteiger partial charge in [-0.3, -0.25) is 19.7 Å². The molecule has 1 N–H and O–H groups in total. The Labute approximate surface area is 329 Å². The van der Waals surface area contributed by atoms with Gasteiger partial charge < -0.3 is 15.0 Å². The first-order valence-electron chi connectivity index (χ1n) is 18.7. The van der Waals surface area contributed by atoms with E-state index in [1.54, 1.807) is 29.3 Å². The Morgan fingerprint density at radius 1 is 1.06 bits per heavy atom. The Balaban J connectivity index is 1.47. The lowest BCUT2D eigenvalue weighted by Gasteiger charge is -2.38. The number of carbonyl (C=O) groups is 2. The Bertz CT molecular complexity index is 1880. The van der Waals surface area contributed by atoms with Gasteiger partial charge >= 0.3 is 6.03 Å². The molecule has 1 unspecified atom stereocenters. The van der Waals surface area contributed by atoms with Gasteiger partial charge in [0.2, 0.25) is 5.91 Å². The van der Waals surface area contributed by atoms with Crippen LogP contribution < -0.4 is 10.1 Å². The summed E-state index contributed by atoms with van der Waals surface area (Å²) in [6, 6.07) is 15.6. The highest BCUT2D eigenvalue weighted by molar-refractivity contribution is 6.31. The average Bonchev–Trinajstić information content (AvgIpc) is 3.13. The minimum atomic E-state index is -0.659. The van der Waals surface area contributed by atoms with Crippen LogP contribution in [0.25, 0.3) is 0 Å². The van der Waals surface area contributed by atoms with Crippen LogP contribution in [0, 0.1) is 17.7 Å². The summed E-state index contributed by atoms with van der Waals surface area (Å²) >= 11 is 12.6. The molecule has 288 valence electrons. The molecular formula is C43H52Cl2FN5O3. The van der Waals surface area contributed by atoms with Crippen molar-refractivity contribution in [3.63, 3.8) is 0 Å². The molecule has 1 saturated heterocycles. The number of allylic oxidation sites excluding steroid dienone is 3. The van der Waals surface area contributed by atoms with E-state index in [0.717, 1.165) is 11.3 Å². The summed E-state index contributed by atoms with van der Waals surface area (Å²) in [6.45, 7) is 14.1. The molecule has 1 aromatic heterocycles. The molecule has 1 fully saturated rings. The molecule has 2 aliphatic rings. The van der Waals surface area contributed by atoms with Gasteiger partial charge in [-0.25, -0.2) is 9.18 Å². The molecule has 3 amide bonds. The fourth-order valence-corrected chi connectivity index (χ4v) is 6.99. The monoisotopic (exact) mass is 775 g/mol. The predicted molar refractivity (Wildman–Crippen MR) is 215 cm³/mol. The quantitative estimate of drug-likeness (QED) is 0.155. The van der Waals surface area contributed by atoms with Gasteiger partial charge in [0.05, 0.1) is 24.3 Å². The van der Waals surface area contributed by atoms with Gasteiger partial charge in [-0.15, -0.1) is 0 Å². The highest BCUT2D eigenvalue weighted by atomic mass is 35.5. The third-order valence-corrected chi connectivity index (χ3v) is 10.6. The maximum Gasteiger partial charge on any atom is 0.325 e. The zero-order chi connectivity index (χ0) is 39.0. The van der Waals surface area contributed by atoms with Gasteiger partial charge in [-0.2, -0.15) is 0 Å². The molecule has 0 radical (unpaired) electrons. The van der Waals surface area contributed by atoms with E-state index < -0.39 is 5.54 Å². The predicted octanol–water partition coefficient (Wildman–Crippen LogP) is 9.83. The van der Waals surface area contributed by atoms with E-state index in [1.165, 1.54) is 6.07 Å². The summed E-state index contributed by atoms with van der Waals surface area (Å²) in [5, 5.41) is 4.15. The van der Waals surface area contributed by atoms with E-state index in [0.29, 0.717) is 78.1 Å². The van der Waals surface area contributed by atoms with E-state index in [9.17, 15) is 14.0 Å². The van der Waals surface area contributed by atoms with Crippen LogP contribution in [0.1, 0.15) is 89.6 Å². The van der Waals surface area contributed by atoms with Crippen LogP contribution in [-0.4, -0.2) is 57.8 Å². The lowest BCUT2D eigenvalue weighted by molar-refractivity contribution is -0.122. The molecular weight excluding hydrogens is 724 g/mol. The van der Waals surface area contributed by atoms with E-state index in [2.05, 4.69) is 46.0 Å². The minimum absolute atomic E-state index is 0.0140. The largest absolute Gasteiger partial charge is 0.493 e. The second-order valence-electron chi connectivity index (χ2n) is 15.6. The minimum Gasteiger partial charge on any atom is -0.493 e. The number of likely N-dealkylation sites (tertiary alicyclic amines) is 1. The molecule has 0 bridgehead atoms. The molecule has 8 nitrogen and oxygen atoms in total. The number of urea groups is 1. The summed E-state index contributed by atoms with van der Waals surface area (Å²) < 4.78 is 20.4. The number of piperidine rings is 1. The molecule has 1 aliphatic carbocycles. The van der Waals surface area contributed by atoms with E-state index >= 15 is 0 Å². The molecule has 5 rings (SSSR count). The van der Waals surface area contributed by atoms with Crippen LogP contribution in [0.5, 0.6) is 5.75 Å². The molecule has 3 aromatic rings. The van der Waals surface area contributed by atoms with Gasteiger partial charge in [-0.05, 0) is 75.8 Å². The van der Waals surface area contributed by atoms with Gasteiger partial charge in [0, 0.05) is 71.0 Å². The van der Waals surface area contributed by atoms with Gasteiger partial charge in [0.25, 0.3) is 0 Å². The van der Waals surface area contributed by atoms with Crippen molar-refractivity contribution in [2.75, 3.05) is 19.7 Å². The fraction of sp³-hybridized carbons (Fsp3) is 0.442. The zero-order valence-electron chi connectivity index (χ0n) is 32.2. The van der Waals surface area contributed by atoms with Crippen LogP contribution in [0.3, 0.4) is 0 Å². The third-order valence-electron chi connectivity index (χ3n) is 10.1. The zero-order valence-corrected chi connectivity index (χ0v) is 33.7.